The highest BCUT2D eigenvalue weighted by atomic mass is 35.5. The van der Waals surface area contributed by atoms with Gasteiger partial charge >= 0.3 is 5.97 Å². The maximum absolute atomic E-state index is 11.1. The van der Waals surface area contributed by atoms with E-state index in [0.717, 1.165) is 5.56 Å². The molecule has 1 aromatic carbocycles. The van der Waals surface area contributed by atoms with Crippen molar-refractivity contribution in [2.24, 2.45) is 5.73 Å². The van der Waals surface area contributed by atoms with Crippen LogP contribution in [-0.2, 0) is 9.53 Å². The lowest BCUT2D eigenvalue weighted by Gasteiger charge is -2.12. The van der Waals surface area contributed by atoms with Gasteiger partial charge in [-0.3, -0.25) is 4.79 Å². The zero-order valence-corrected chi connectivity index (χ0v) is 11.3. The topological polar surface area (TPSA) is 52.3 Å². The average Bonchev–Trinajstić information content (AvgIpc) is 2.28. The zero-order chi connectivity index (χ0) is 12.1. The fourth-order valence-electron chi connectivity index (χ4n) is 1.51. The van der Waals surface area contributed by atoms with Crippen molar-refractivity contribution >= 4 is 18.4 Å². The summed E-state index contributed by atoms with van der Waals surface area (Å²) in [6.45, 7) is 4.28. The lowest BCUT2D eigenvalue weighted by Crippen LogP contribution is -2.16. The Morgan fingerprint density at radius 3 is 2.12 bits per heavy atom. The van der Waals surface area contributed by atoms with Crippen LogP contribution in [-0.4, -0.2) is 13.1 Å². The molecule has 0 aliphatic carbocycles. The number of rotatable bonds is 4. The van der Waals surface area contributed by atoms with E-state index in [1.807, 2.05) is 12.1 Å². The number of carbonyl (C=O) groups excluding carboxylic acids is 1. The van der Waals surface area contributed by atoms with Crippen LogP contribution in [0.15, 0.2) is 24.3 Å². The predicted molar refractivity (Wildman–Crippen MR) is 71.3 cm³/mol. The third-order valence-corrected chi connectivity index (χ3v) is 2.65. The number of esters is 1. The van der Waals surface area contributed by atoms with Gasteiger partial charge in [0.1, 0.15) is 0 Å². The average molecular weight is 258 g/mol. The Bertz CT molecular complexity index is 349. The van der Waals surface area contributed by atoms with E-state index >= 15 is 0 Å². The molecule has 0 amide bonds. The third-order valence-electron chi connectivity index (χ3n) is 2.65. The first-order chi connectivity index (χ1) is 7.54. The van der Waals surface area contributed by atoms with Crippen LogP contribution in [0.4, 0.5) is 0 Å². The van der Waals surface area contributed by atoms with Gasteiger partial charge in [-0.05, 0) is 17.0 Å². The Morgan fingerprint density at radius 1 is 1.24 bits per heavy atom. The van der Waals surface area contributed by atoms with Crippen LogP contribution < -0.4 is 5.73 Å². The van der Waals surface area contributed by atoms with Crippen molar-refractivity contribution in [1.82, 2.24) is 0 Å². The highest BCUT2D eigenvalue weighted by molar-refractivity contribution is 5.85. The Hall–Kier alpha value is -1.06. The molecule has 17 heavy (non-hydrogen) atoms. The van der Waals surface area contributed by atoms with E-state index in [4.69, 9.17) is 5.73 Å². The predicted octanol–water partition coefficient (Wildman–Crippen LogP) is 2.79. The van der Waals surface area contributed by atoms with E-state index in [-0.39, 0.29) is 30.8 Å². The molecule has 0 radical (unpaired) electrons. The van der Waals surface area contributed by atoms with Crippen molar-refractivity contribution in [2.75, 3.05) is 7.11 Å². The van der Waals surface area contributed by atoms with Crippen molar-refractivity contribution in [3.05, 3.63) is 35.4 Å². The summed E-state index contributed by atoms with van der Waals surface area (Å²) in [7, 11) is 1.37. The first-order valence-corrected chi connectivity index (χ1v) is 5.47. The zero-order valence-electron chi connectivity index (χ0n) is 10.5. The summed E-state index contributed by atoms with van der Waals surface area (Å²) < 4.78 is 4.59. The van der Waals surface area contributed by atoms with Crippen molar-refractivity contribution in [3.63, 3.8) is 0 Å². The molecule has 0 saturated heterocycles. The Labute approximate surface area is 109 Å². The minimum absolute atomic E-state index is 0. The fraction of sp³-hybridized carbons (Fsp3) is 0.462. The van der Waals surface area contributed by atoms with Crippen molar-refractivity contribution in [1.29, 1.82) is 0 Å². The summed E-state index contributed by atoms with van der Waals surface area (Å²) in [6.07, 6.45) is 0.220. The number of methoxy groups -OCH3 is 1. The van der Waals surface area contributed by atoms with Crippen molar-refractivity contribution < 1.29 is 9.53 Å². The lowest BCUT2D eigenvalue weighted by molar-refractivity contribution is -0.141. The van der Waals surface area contributed by atoms with Gasteiger partial charge in [-0.15, -0.1) is 12.4 Å². The highest BCUT2D eigenvalue weighted by Crippen LogP contribution is 2.19. The molecule has 0 bridgehead atoms. The quantitative estimate of drug-likeness (QED) is 0.844. The molecular formula is C13H20ClNO2. The van der Waals surface area contributed by atoms with Gasteiger partial charge in [0.25, 0.3) is 0 Å². The summed E-state index contributed by atoms with van der Waals surface area (Å²) in [5, 5.41) is 0. The Balaban J connectivity index is 0.00000256. The molecule has 1 rings (SSSR count). The van der Waals surface area contributed by atoms with Gasteiger partial charge in [0.05, 0.1) is 13.5 Å². The molecule has 0 aliphatic rings. The summed E-state index contributed by atoms with van der Waals surface area (Å²) in [6, 6.07) is 7.77. The van der Waals surface area contributed by atoms with E-state index in [9.17, 15) is 4.79 Å². The SMILES string of the molecule is COC(=O)CC(N)c1ccc(C(C)C)cc1.Cl. The summed E-state index contributed by atoms with van der Waals surface area (Å²) in [4.78, 5) is 11.1. The molecule has 0 spiro atoms. The van der Waals surface area contributed by atoms with E-state index in [1.165, 1.54) is 12.7 Å². The van der Waals surface area contributed by atoms with Gasteiger partial charge in [0, 0.05) is 6.04 Å². The molecule has 0 fully saturated rings. The van der Waals surface area contributed by atoms with E-state index < -0.39 is 0 Å². The van der Waals surface area contributed by atoms with Gasteiger partial charge in [-0.25, -0.2) is 0 Å². The molecule has 2 N–H and O–H groups in total. The van der Waals surface area contributed by atoms with Crippen LogP contribution in [0.2, 0.25) is 0 Å². The molecule has 0 aromatic heterocycles. The first-order valence-electron chi connectivity index (χ1n) is 5.47. The molecule has 96 valence electrons. The van der Waals surface area contributed by atoms with Crippen LogP contribution in [0.5, 0.6) is 0 Å². The van der Waals surface area contributed by atoms with E-state index in [2.05, 4.69) is 30.7 Å². The number of ether oxygens (including phenoxy) is 1. The fourth-order valence-corrected chi connectivity index (χ4v) is 1.51. The number of hydrogen-bond donors (Lipinski definition) is 1. The highest BCUT2D eigenvalue weighted by Gasteiger charge is 2.11. The molecule has 0 aliphatic heterocycles. The number of hydrogen-bond acceptors (Lipinski definition) is 3. The molecule has 0 saturated carbocycles. The Kier molecular flexibility index (Phi) is 6.85. The molecule has 4 heteroatoms. The van der Waals surface area contributed by atoms with Gasteiger partial charge in [0.15, 0.2) is 0 Å². The maximum atomic E-state index is 11.1. The van der Waals surface area contributed by atoms with Crippen LogP contribution >= 0.6 is 12.4 Å². The number of halogens is 1. The molecular weight excluding hydrogens is 238 g/mol. The van der Waals surface area contributed by atoms with Gasteiger partial charge in [0.2, 0.25) is 0 Å². The van der Waals surface area contributed by atoms with Crippen LogP contribution in [0.3, 0.4) is 0 Å². The van der Waals surface area contributed by atoms with Gasteiger partial charge in [-0.1, -0.05) is 38.1 Å². The van der Waals surface area contributed by atoms with Crippen molar-refractivity contribution in [3.8, 4) is 0 Å². The number of carbonyl (C=O) groups is 1. The third kappa shape index (κ3) is 4.75. The second-order valence-electron chi connectivity index (χ2n) is 4.21. The summed E-state index contributed by atoms with van der Waals surface area (Å²) >= 11 is 0. The monoisotopic (exact) mass is 257 g/mol. The van der Waals surface area contributed by atoms with Crippen LogP contribution in [0.1, 0.15) is 43.4 Å². The van der Waals surface area contributed by atoms with Crippen LogP contribution in [0, 0.1) is 0 Å². The van der Waals surface area contributed by atoms with E-state index in [1.54, 1.807) is 0 Å². The number of nitrogens with two attached hydrogens (primary N) is 1. The smallest absolute Gasteiger partial charge is 0.307 e. The van der Waals surface area contributed by atoms with Crippen LogP contribution in [0.25, 0.3) is 0 Å². The molecule has 1 atom stereocenters. The molecule has 1 aromatic rings. The summed E-state index contributed by atoms with van der Waals surface area (Å²) in [5.41, 5.74) is 8.14. The number of benzene rings is 1. The van der Waals surface area contributed by atoms with E-state index in [0.29, 0.717) is 5.92 Å². The largest absolute Gasteiger partial charge is 0.469 e. The van der Waals surface area contributed by atoms with Crippen molar-refractivity contribution in [2.45, 2.75) is 32.2 Å². The minimum atomic E-state index is -0.284. The maximum Gasteiger partial charge on any atom is 0.307 e. The summed E-state index contributed by atoms with van der Waals surface area (Å²) in [5.74, 6) is 0.228. The second kappa shape index (κ2) is 7.30. The molecule has 3 nitrogen and oxygen atoms in total. The van der Waals surface area contributed by atoms with Gasteiger partial charge < -0.3 is 10.5 Å². The first kappa shape index (κ1) is 15.9. The Morgan fingerprint density at radius 2 is 1.71 bits per heavy atom. The molecule has 0 heterocycles. The normalized spacial score (nSPS) is 11.8. The standard InChI is InChI=1S/C13H19NO2.ClH/c1-9(2)10-4-6-11(7-5-10)12(14)8-13(15)16-3;/h4-7,9,12H,8,14H2,1-3H3;1H. The van der Waals surface area contributed by atoms with Gasteiger partial charge in [-0.2, -0.15) is 0 Å². The lowest BCUT2D eigenvalue weighted by atomic mass is 9.98. The molecule has 1 unspecified atom stereocenters. The minimum Gasteiger partial charge on any atom is -0.469 e. The second-order valence-corrected chi connectivity index (χ2v) is 4.21.